The van der Waals surface area contributed by atoms with E-state index in [1.54, 1.807) is 0 Å². The lowest BCUT2D eigenvalue weighted by atomic mass is 10.0. The van der Waals surface area contributed by atoms with Gasteiger partial charge in [-0.25, -0.2) is 0 Å². The van der Waals surface area contributed by atoms with Crippen molar-refractivity contribution >= 4 is 5.91 Å². The molecular formula is C9H13N5O. The van der Waals surface area contributed by atoms with Crippen LogP contribution in [0.5, 0.6) is 0 Å². The van der Waals surface area contributed by atoms with Crippen molar-refractivity contribution < 1.29 is 4.79 Å². The van der Waals surface area contributed by atoms with E-state index in [9.17, 15) is 4.79 Å². The van der Waals surface area contributed by atoms with Crippen LogP contribution in [-0.4, -0.2) is 26.5 Å². The normalized spacial score (nSPS) is 32.4. The Kier molecular flexibility index (Phi) is 1.93. The zero-order valence-electron chi connectivity index (χ0n) is 8.31. The van der Waals surface area contributed by atoms with Crippen LogP contribution in [0.1, 0.15) is 25.1 Å². The van der Waals surface area contributed by atoms with Crippen molar-refractivity contribution in [1.29, 1.82) is 0 Å². The molecule has 6 heteroatoms. The Bertz CT molecular complexity index is 353. The maximum Gasteiger partial charge on any atom is 0.223 e. The Hall–Kier alpha value is -1.46. The highest BCUT2D eigenvalue weighted by molar-refractivity contribution is 5.79. The first-order valence-electron chi connectivity index (χ1n) is 5.33. The average Bonchev–Trinajstić information content (AvgIpc) is 2.75. The van der Waals surface area contributed by atoms with Crippen molar-refractivity contribution in [2.75, 3.05) is 0 Å². The van der Waals surface area contributed by atoms with Gasteiger partial charge in [0.2, 0.25) is 5.91 Å². The van der Waals surface area contributed by atoms with E-state index in [2.05, 4.69) is 25.9 Å². The maximum absolute atomic E-state index is 11.7. The van der Waals surface area contributed by atoms with Crippen LogP contribution in [0, 0.1) is 17.8 Å². The van der Waals surface area contributed by atoms with E-state index in [-0.39, 0.29) is 11.8 Å². The van der Waals surface area contributed by atoms with Gasteiger partial charge in [-0.3, -0.25) is 4.79 Å². The maximum atomic E-state index is 11.7. The fourth-order valence-electron chi connectivity index (χ4n) is 2.50. The molecule has 2 aliphatic carbocycles. The van der Waals surface area contributed by atoms with Gasteiger partial charge >= 0.3 is 0 Å². The first-order chi connectivity index (χ1) is 7.33. The van der Waals surface area contributed by atoms with Gasteiger partial charge in [-0.05, 0) is 31.1 Å². The third kappa shape index (κ3) is 1.71. The summed E-state index contributed by atoms with van der Waals surface area (Å²) in [4.78, 5) is 11.7. The highest BCUT2D eigenvalue weighted by atomic mass is 16.1. The van der Waals surface area contributed by atoms with E-state index in [4.69, 9.17) is 0 Å². The minimum Gasteiger partial charge on any atom is -0.348 e. The second-order valence-electron chi connectivity index (χ2n) is 4.47. The standard InChI is InChI=1S/C9H13N5O/c15-9(7-2-5-1-6(5)3-7)10-4-8-11-13-14-12-8/h5-7H,1-4H2,(H,10,15)(H,11,12,13,14). The molecule has 0 saturated heterocycles. The zero-order chi connectivity index (χ0) is 10.3. The van der Waals surface area contributed by atoms with E-state index >= 15 is 0 Å². The number of aromatic amines is 1. The van der Waals surface area contributed by atoms with Gasteiger partial charge in [0.05, 0.1) is 6.54 Å². The smallest absolute Gasteiger partial charge is 0.223 e. The number of rotatable bonds is 3. The van der Waals surface area contributed by atoms with Gasteiger partial charge in [0.15, 0.2) is 5.82 Å². The molecule has 1 aromatic heterocycles. The van der Waals surface area contributed by atoms with Gasteiger partial charge in [-0.2, -0.15) is 5.21 Å². The minimum atomic E-state index is 0.145. The number of hydrogen-bond acceptors (Lipinski definition) is 4. The van der Waals surface area contributed by atoms with Crippen LogP contribution < -0.4 is 5.32 Å². The fourth-order valence-corrected chi connectivity index (χ4v) is 2.50. The molecule has 1 heterocycles. The summed E-state index contributed by atoms with van der Waals surface area (Å²) >= 11 is 0. The number of fused-ring (bicyclic) bond motifs is 1. The van der Waals surface area contributed by atoms with E-state index in [1.807, 2.05) is 0 Å². The van der Waals surface area contributed by atoms with Gasteiger partial charge in [-0.1, -0.05) is 5.21 Å². The number of carbonyl (C=O) groups excluding carboxylic acids is 1. The molecule has 0 aromatic carbocycles. The Morgan fingerprint density at radius 1 is 1.40 bits per heavy atom. The van der Waals surface area contributed by atoms with Crippen LogP contribution in [0.3, 0.4) is 0 Å². The Morgan fingerprint density at radius 3 is 2.87 bits per heavy atom. The van der Waals surface area contributed by atoms with Crippen molar-refractivity contribution in [3.8, 4) is 0 Å². The van der Waals surface area contributed by atoms with E-state index in [0.29, 0.717) is 12.4 Å². The lowest BCUT2D eigenvalue weighted by Crippen LogP contribution is -2.29. The molecule has 0 radical (unpaired) electrons. The molecule has 2 N–H and O–H groups in total. The van der Waals surface area contributed by atoms with Gasteiger partial charge in [0.1, 0.15) is 0 Å². The molecule has 2 aliphatic rings. The van der Waals surface area contributed by atoms with Crippen molar-refractivity contribution in [1.82, 2.24) is 25.9 Å². The summed E-state index contributed by atoms with van der Waals surface area (Å²) < 4.78 is 0. The van der Waals surface area contributed by atoms with Crippen molar-refractivity contribution in [2.45, 2.75) is 25.8 Å². The van der Waals surface area contributed by atoms with Crippen LogP contribution in [0.2, 0.25) is 0 Å². The third-order valence-corrected chi connectivity index (χ3v) is 3.42. The number of carbonyl (C=O) groups is 1. The number of tetrazole rings is 1. The second-order valence-corrected chi connectivity index (χ2v) is 4.47. The van der Waals surface area contributed by atoms with Gasteiger partial charge in [-0.15, -0.1) is 10.2 Å². The van der Waals surface area contributed by atoms with Crippen LogP contribution in [0.4, 0.5) is 0 Å². The van der Waals surface area contributed by atoms with Crippen LogP contribution >= 0.6 is 0 Å². The van der Waals surface area contributed by atoms with Crippen LogP contribution in [0.15, 0.2) is 0 Å². The molecule has 0 aliphatic heterocycles. The van der Waals surface area contributed by atoms with E-state index < -0.39 is 0 Å². The number of H-pyrrole nitrogens is 1. The topological polar surface area (TPSA) is 83.6 Å². The number of nitrogens with one attached hydrogen (secondary N) is 2. The first kappa shape index (κ1) is 8.82. The average molecular weight is 207 g/mol. The number of amides is 1. The Morgan fingerprint density at radius 2 is 2.20 bits per heavy atom. The number of aromatic nitrogens is 4. The Balaban J connectivity index is 1.49. The Labute approximate surface area is 86.8 Å². The summed E-state index contributed by atoms with van der Waals surface area (Å²) in [6, 6.07) is 0. The summed E-state index contributed by atoms with van der Waals surface area (Å²) in [6.07, 6.45) is 3.49. The molecule has 1 amide bonds. The molecule has 2 unspecified atom stereocenters. The molecule has 3 rings (SSSR count). The summed E-state index contributed by atoms with van der Waals surface area (Å²) in [7, 11) is 0. The van der Waals surface area contributed by atoms with Gasteiger partial charge in [0, 0.05) is 5.92 Å². The third-order valence-electron chi connectivity index (χ3n) is 3.42. The first-order valence-corrected chi connectivity index (χ1v) is 5.33. The summed E-state index contributed by atoms with van der Waals surface area (Å²) in [6.45, 7) is 0.376. The van der Waals surface area contributed by atoms with E-state index in [0.717, 1.165) is 24.7 Å². The highest BCUT2D eigenvalue weighted by Gasteiger charge is 2.47. The molecule has 0 bridgehead atoms. The van der Waals surface area contributed by atoms with Crippen molar-refractivity contribution in [3.05, 3.63) is 5.82 Å². The largest absolute Gasteiger partial charge is 0.348 e. The summed E-state index contributed by atoms with van der Waals surface area (Å²) in [5.41, 5.74) is 0. The molecule has 80 valence electrons. The van der Waals surface area contributed by atoms with Gasteiger partial charge in [0.25, 0.3) is 0 Å². The molecule has 2 atom stereocenters. The highest BCUT2D eigenvalue weighted by Crippen LogP contribution is 2.54. The summed E-state index contributed by atoms with van der Waals surface area (Å²) in [5.74, 6) is 2.58. The van der Waals surface area contributed by atoms with Crippen LogP contribution in [0.25, 0.3) is 0 Å². The van der Waals surface area contributed by atoms with Crippen LogP contribution in [-0.2, 0) is 11.3 Å². The molecule has 2 saturated carbocycles. The molecule has 2 fully saturated rings. The zero-order valence-corrected chi connectivity index (χ0v) is 8.31. The summed E-state index contributed by atoms with van der Waals surface area (Å²) in [5, 5.41) is 16.2. The molecule has 6 nitrogen and oxygen atoms in total. The number of nitrogens with zero attached hydrogens (tertiary/aromatic N) is 3. The fraction of sp³-hybridized carbons (Fsp3) is 0.778. The molecular weight excluding hydrogens is 194 g/mol. The van der Waals surface area contributed by atoms with Crippen molar-refractivity contribution in [2.24, 2.45) is 17.8 Å². The predicted molar refractivity (Wildman–Crippen MR) is 50.3 cm³/mol. The monoisotopic (exact) mass is 207 g/mol. The number of hydrogen-bond donors (Lipinski definition) is 2. The lowest BCUT2D eigenvalue weighted by molar-refractivity contribution is -0.125. The molecule has 15 heavy (non-hydrogen) atoms. The van der Waals surface area contributed by atoms with E-state index in [1.165, 1.54) is 6.42 Å². The lowest BCUT2D eigenvalue weighted by Gasteiger charge is -2.10. The molecule has 0 spiro atoms. The van der Waals surface area contributed by atoms with Gasteiger partial charge < -0.3 is 5.32 Å². The minimum absolute atomic E-state index is 0.145. The van der Waals surface area contributed by atoms with Crippen molar-refractivity contribution in [3.63, 3.8) is 0 Å². The second kappa shape index (κ2) is 3.29. The SMILES string of the molecule is O=C(NCc1nn[nH]n1)C1CC2CC2C1. The molecule has 1 aromatic rings. The predicted octanol–water partition coefficient (Wildman–Crippen LogP) is -0.138. The quantitative estimate of drug-likeness (QED) is 0.722.